The van der Waals surface area contributed by atoms with Crippen LogP contribution in [0, 0.1) is 5.92 Å². The largest absolute Gasteiger partial charge is 0.325 e. The lowest BCUT2D eigenvalue weighted by Crippen LogP contribution is -2.35. The van der Waals surface area contributed by atoms with E-state index in [0.29, 0.717) is 5.38 Å². The lowest BCUT2D eigenvalue weighted by Gasteiger charge is -2.22. The molecule has 3 atom stereocenters. The first kappa shape index (κ1) is 5.99. The summed E-state index contributed by atoms with van der Waals surface area (Å²) >= 11 is 6.02. The molecule has 0 aromatic carbocycles. The summed E-state index contributed by atoms with van der Waals surface area (Å²) < 4.78 is 0. The molecule has 2 aliphatic rings. The zero-order valence-electron chi connectivity index (χ0n) is 5.44. The van der Waals surface area contributed by atoms with Gasteiger partial charge in [0.15, 0.2) is 0 Å². The van der Waals surface area contributed by atoms with Gasteiger partial charge in [-0.2, -0.15) is 0 Å². The first-order chi connectivity index (χ1) is 4.20. The lowest BCUT2D eigenvalue weighted by molar-refractivity contribution is 0.422. The van der Waals surface area contributed by atoms with Gasteiger partial charge in [-0.3, -0.25) is 0 Å². The highest BCUT2D eigenvalue weighted by Gasteiger charge is 2.47. The fourth-order valence-corrected chi connectivity index (χ4v) is 2.77. The molecule has 0 radical (unpaired) electrons. The van der Waals surface area contributed by atoms with Gasteiger partial charge >= 0.3 is 0 Å². The van der Waals surface area contributed by atoms with E-state index in [-0.39, 0.29) is 5.54 Å². The summed E-state index contributed by atoms with van der Waals surface area (Å²) in [4.78, 5) is 0. The second kappa shape index (κ2) is 1.64. The van der Waals surface area contributed by atoms with Crippen molar-refractivity contribution in [2.45, 2.75) is 36.6 Å². The first-order valence-electron chi connectivity index (χ1n) is 3.63. The van der Waals surface area contributed by atoms with Crippen molar-refractivity contribution in [2.75, 3.05) is 0 Å². The van der Waals surface area contributed by atoms with Gasteiger partial charge in [0, 0.05) is 10.9 Å². The number of halogens is 1. The Labute approximate surface area is 60.6 Å². The number of fused-ring (bicyclic) bond motifs is 2. The molecule has 0 aliphatic heterocycles. The zero-order valence-corrected chi connectivity index (χ0v) is 6.19. The molecule has 2 rings (SSSR count). The van der Waals surface area contributed by atoms with E-state index in [0.717, 1.165) is 12.3 Å². The van der Waals surface area contributed by atoms with Crippen molar-refractivity contribution in [1.29, 1.82) is 0 Å². The summed E-state index contributed by atoms with van der Waals surface area (Å²) in [5, 5.41) is 0.392. The monoisotopic (exact) mass is 145 g/mol. The molecular formula is C7H12ClN. The minimum Gasteiger partial charge on any atom is -0.325 e. The molecule has 9 heavy (non-hydrogen) atoms. The Bertz CT molecular complexity index is 133. The average molecular weight is 146 g/mol. The Hall–Kier alpha value is 0.250. The minimum absolute atomic E-state index is 0.150. The van der Waals surface area contributed by atoms with Gasteiger partial charge in [0.2, 0.25) is 0 Å². The normalized spacial score (nSPS) is 56.7. The number of alkyl halides is 1. The van der Waals surface area contributed by atoms with Gasteiger partial charge in [-0.05, 0) is 31.6 Å². The van der Waals surface area contributed by atoms with Crippen molar-refractivity contribution >= 4 is 11.6 Å². The molecule has 52 valence electrons. The maximum absolute atomic E-state index is 6.02. The van der Waals surface area contributed by atoms with Gasteiger partial charge in [0.25, 0.3) is 0 Å². The Morgan fingerprint density at radius 3 is 2.44 bits per heavy atom. The molecule has 1 nitrogen and oxygen atoms in total. The van der Waals surface area contributed by atoms with Gasteiger partial charge in [-0.1, -0.05) is 0 Å². The molecule has 2 saturated carbocycles. The van der Waals surface area contributed by atoms with Crippen molar-refractivity contribution in [3.8, 4) is 0 Å². The van der Waals surface area contributed by atoms with Crippen molar-refractivity contribution in [3.63, 3.8) is 0 Å². The molecule has 0 heterocycles. The van der Waals surface area contributed by atoms with Crippen LogP contribution < -0.4 is 5.73 Å². The SMILES string of the molecule is NC12CCC(C1)C(Cl)C2. The van der Waals surface area contributed by atoms with E-state index in [9.17, 15) is 0 Å². The van der Waals surface area contributed by atoms with Crippen LogP contribution >= 0.6 is 11.6 Å². The van der Waals surface area contributed by atoms with Gasteiger partial charge in [-0.15, -0.1) is 11.6 Å². The van der Waals surface area contributed by atoms with Crippen LogP contribution in [0.5, 0.6) is 0 Å². The van der Waals surface area contributed by atoms with Crippen molar-refractivity contribution in [3.05, 3.63) is 0 Å². The van der Waals surface area contributed by atoms with Gasteiger partial charge in [-0.25, -0.2) is 0 Å². The smallest absolute Gasteiger partial charge is 0.0382 e. The molecule has 2 aliphatic carbocycles. The molecule has 0 aromatic rings. The van der Waals surface area contributed by atoms with E-state index >= 15 is 0 Å². The molecule has 0 saturated heterocycles. The third-order valence-corrected chi connectivity index (χ3v) is 3.31. The van der Waals surface area contributed by atoms with E-state index in [1.54, 1.807) is 0 Å². The lowest BCUT2D eigenvalue weighted by atomic mass is 9.95. The number of hydrogen-bond acceptors (Lipinski definition) is 1. The zero-order chi connectivity index (χ0) is 6.48. The number of hydrogen-bond donors (Lipinski definition) is 1. The van der Waals surface area contributed by atoms with Gasteiger partial charge < -0.3 is 5.73 Å². The number of nitrogens with two attached hydrogens (primary N) is 1. The first-order valence-corrected chi connectivity index (χ1v) is 4.06. The fourth-order valence-electron chi connectivity index (χ4n) is 2.25. The summed E-state index contributed by atoms with van der Waals surface area (Å²) in [6.45, 7) is 0. The second-order valence-corrected chi connectivity index (χ2v) is 4.15. The van der Waals surface area contributed by atoms with Crippen LogP contribution in [0.15, 0.2) is 0 Å². The topological polar surface area (TPSA) is 26.0 Å². The van der Waals surface area contributed by atoms with E-state index in [2.05, 4.69) is 0 Å². The van der Waals surface area contributed by atoms with Crippen LogP contribution in [0.1, 0.15) is 25.7 Å². The molecule has 2 bridgehead atoms. The van der Waals surface area contributed by atoms with Crippen LogP contribution in [-0.2, 0) is 0 Å². The van der Waals surface area contributed by atoms with Crippen molar-refractivity contribution in [1.82, 2.24) is 0 Å². The van der Waals surface area contributed by atoms with E-state index in [1.807, 2.05) is 0 Å². The maximum Gasteiger partial charge on any atom is 0.0382 e. The molecule has 0 amide bonds. The van der Waals surface area contributed by atoms with Crippen LogP contribution in [0.25, 0.3) is 0 Å². The molecular weight excluding hydrogens is 134 g/mol. The highest BCUT2D eigenvalue weighted by Crippen LogP contribution is 2.48. The molecule has 0 aromatic heterocycles. The third kappa shape index (κ3) is 0.786. The van der Waals surface area contributed by atoms with E-state index in [1.165, 1.54) is 19.3 Å². The highest BCUT2D eigenvalue weighted by atomic mass is 35.5. The molecule has 0 spiro atoms. The standard InChI is InChI=1S/C7H12ClN/c8-6-4-7(9)2-1-5(6)3-7/h5-6H,1-4,9H2. The Morgan fingerprint density at radius 1 is 1.44 bits per heavy atom. The fraction of sp³-hybridized carbons (Fsp3) is 1.00. The summed E-state index contributed by atoms with van der Waals surface area (Å²) in [6.07, 6.45) is 4.71. The molecule has 3 unspecified atom stereocenters. The van der Waals surface area contributed by atoms with E-state index in [4.69, 9.17) is 17.3 Å². The Balaban J connectivity index is 2.19. The van der Waals surface area contributed by atoms with Crippen LogP contribution in [-0.4, -0.2) is 10.9 Å². The van der Waals surface area contributed by atoms with Crippen LogP contribution in [0.3, 0.4) is 0 Å². The quantitative estimate of drug-likeness (QED) is 0.514. The second-order valence-electron chi connectivity index (χ2n) is 3.59. The molecule has 2 heteroatoms. The minimum atomic E-state index is 0.150. The van der Waals surface area contributed by atoms with Crippen molar-refractivity contribution < 1.29 is 0 Å². The predicted octanol–water partition coefficient (Wildman–Crippen LogP) is 1.50. The molecule has 2 N–H and O–H groups in total. The summed E-state index contributed by atoms with van der Waals surface area (Å²) in [7, 11) is 0. The van der Waals surface area contributed by atoms with Gasteiger partial charge in [0.05, 0.1) is 0 Å². The number of rotatable bonds is 0. The summed E-state index contributed by atoms with van der Waals surface area (Å²) in [5.74, 6) is 0.747. The summed E-state index contributed by atoms with van der Waals surface area (Å²) in [6, 6.07) is 0. The molecule has 2 fully saturated rings. The van der Waals surface area contributed by atoms with E-state index < -0.39 is 0 Å². The summed E-state index contributed by atoms with van der Waals surface area (Å²) in [5.41, 5.74) is 6.16. The average Bonchev–Trinajstić information content (AvgIpc) is 2.20. The Kier molecular flexibility index (Phi) is 1.09. The highest BCUT2D eigenvalue weighted by molar-refractivity contribution is 6.21. The predicted molar refractivity (Wildman–Crippen MR) is 38.5 cm³/mol. The Morgan fingerprint density at radius 2 is 2.22 bits per heavy atom. The van der Waals surface area contributed by atoms with Crippen LogP contribution in [0.4, 0.5) is 0 Å². The van der Waals surface area contributed by atoms with Gasteiger partial charge in [0.1, 0.15) is 0 Å². The van der Waals surface area contributed by atoms with Crippen LogP contribution in [0.2, 0.25) is 0 Å². The third-order valence-electron chi connectivity index (χ3n) is 2.79. The maximum atomic E-state index is 6.02. The van der Waals surface area contributed by atoms with Crippen molar-refractivity contribution in [2.24, 2.45) is 11.7 Å².